The summed E-state index contributed by atoms with van der Waals surface area (Å²) in [4.78, 5) is 33.8. The van der Waals surface area contributed by atoms with Gasteiger partial charge >= 0.3 is 5.97 Å². The maximum absolute atomic E-state index is 13.0. The third kappa shape index (κ3) is 7.35. The first-order valence-corrected chi connectivity index (χ1v) is 12.1. The predicted molar refractivity (Wildman–Crippen MR) is 139 cm³/mol. The van der Waals surface area contributed by atoms with Gasteiger partial charge in [0.1, 0.15) is 11.9 Å². The van der Waals surface area contributed by atoms with Crippen LogP contribution in [0.25, 0.3) is 11.0 Å². The number of amides is 1. The molecule has 0 aliphatic heterocycles. The second-order valence-corrected chi connectivity index (χ2v) is 8.73. The van der Waals surface area contributed by atoms with Gasteiger partial charge in [0.2, 0.25) is 5.91 Å². The molecule has 0 aliphatic carbocycles. The number of nitrogens with zero attached hydrogens (tertiary/aromatic N) is 2. The topological polar surface area (TPSA) is 125 Å². The monoisotopic (exact) mass is 499 g/mol. The van der Waals surface area contributed by atoms with Gasteiger partial charge in [0.05, 0.1) is 29.9 Å². The number of ether oxygens (including phenoxy) is 2. The number of carbonyl (C=O) groups is 2. The van der Waals surface area contributed by atoms with Crippen LogP contribution < -0.4 is 10.5 Å². The van der Waals surface area contributed by atoms with E-state index in [-0.39, 0.29) is 25.1 Å². The quantitative estimate of drug-likeness (QED) is 0.285. The van der Waals surface area contributed by atoms with Crippen molar-refractivity contribution in [1.82, 2.24) is 9.97 Å². The molecule has 4 rings (SSSR count). The van der Waals surface area contributed by atoms with Gasteiger partial charge in [0.25, 0.3) is 0 Å². The third-order valence-corrected chi connectivity index (χ3v) is 6.03. The average molecular weight is 500 g/mol. The molecule has 8 nitrogen and oxygen atoms in total. The van der Waals surface area contributed by atoms with Crippen molar-refractivity contribution in [2.24, 2.45) is 11.7 Å². The van der Waals surface area contributed by atoms with Crippen LogP contribution in [-0.2, 0) is 16.0 Å². The van der Waals surface area contributed by atoms with Crippen LogP contribution in [0.1, 0.15) is 28.9 Å². The molecule has 0 saturated carbocycles. The molecular weight excluding hydrogens is 470 g/mol. The normalized spacial score (nSPS) is 13.4. The fourth-order valence-corrected chi connectivity index (χ4v) is 4.01. The summed E-state index contributed by atoms with van der Waals surface area (Å²) in [5, 5.41) is 11.1. The highest BCUT2D eigenvalue weighted by atomic mass is 16.6. The van der Waals surface area contributed by atoms with E-state index in [9.17, 15) is 14.7 Å². The minimum absolute atomic E-state index is 0.0155. The first kappa shape index (κ1) is 25.8. The van der Waals surface area contributed by atoms with Gasteiger partial charge in [-0.3, -0.25) is 9.78 Å². The van der Waals surface area contributed by atoms with E-state index in [1.807, 2.05) is 66.7 Å². The van der Waals surface area contributed by atoms with E-state index in [0.29, 0.717) is 23.2 Å². The van der Waals surface area contributed by atoms with Crippen LogP contribution in [0, 0.1) is 5.92 Å². The van der Waals surface area contributed by atoms with Crippen LogP contribution in [0.3, 0.4) is 0 Å². The van der Waals surface area contributed by atoms with Gasteiger partial charge in [-0.05, 0) is 42.7 Å². The Hall–Kier alpha value is -4.30. The lowest BCUT2D eigenvalue weighted by Gasteiger charge is -2.26. The zero-order chi connectivity index (χ0) is 26.0. The molecule has 190 valence electrons. The fourth-order valence-electron chi connectivity index (χ4n) is 4.01. The van der Waals surface area contributed by atoms with Crippen LogP contribution in [0.15, 0.2) is 91.1 Å². The fraction of sp³-hybridized carbons (Fsp3) is 0.241. The summed E-state index contributed by atoms with van der Waals surface area (Å²) in [6.07, 6.45) is -0.151. The van der Waals surface area contributed by atoms with Gasteiger partial charge < -0.3 is 20.3 Å². The highest BCUT2D eigenvalue weighted by molar-refractivity contribution is 5.89. The number of aromatic nitrogens is 2. The van der Waals surface area contributed by atoms with Crippen molar-refractivity contribution in [3.8, 4) is 5.75 Å². The summed E-state index contributed by atoms with van der Waals surface area (Å²) in [7, 11) is 0. The minimum Gasteiger partial charge on any atom is -0.494 e. The minimum atomic E-state index is -1.15. The highest BCUT2D eigenvalue weighted by Gasteiger charge is 2.30. The molecule has 3 atom stereocenters. The van der Waals surface area contributed by atoms with Crippen LogP contribution in [-0.4, -0.2) is 45.8 Å². The Morgan fingerprint density at radius 1 is 0.892 bits per heavy atom. The number of carbonyl (C=O) groups excluding carboxylic acids is 2. The average Bonchev–Trinajstić information content (AvgIpc) is 2.92. The van der Waals surface area contributed by atoms with E-state index < -0.39 is 30.0 Å². The second-order valence-electron chi connectivity index (χ2n) is 8.73. The smallest absolute Gasteiger partial charge is 0.358 e. The van der Waals surface area contributed by atoms with Crippen molar-refractivity contribution in [2.75, 3.05) is 6.61 Å². The Bertz CT molecular complexity index is 1320. The molecule has 0 radical (unpaired) electrons. The van der Waals surface area contributed by atoms with Gasteiger partial charge in [0, 0.05) is 12.3 Å². The Morgan fingerprint density at radius 2 is 1.54 bits per heavy atom. The van der Waals surface area contributed by atoms with Crippen molar-refractivity contribution in [3.05, 3.63) is 102 Å². The van der Waals surface area contributed by atoms with E-state index in [4.69, 9.17) is 15.2 Å². The molecule has 1 amide bonds. The van der Waals surface area contributed by atoms with Crippen molar-refractivity contribution < 1.29 is 24.2 Å². The van der Waals surface area contributed by atoms with Crippen molar-refractivity contribution in [3.63, 3.8) is 0 Å². The number of esters is 1. The SMILES string of the molecule is NC(=O)[C@H](CCOc1ccccc1)C[C@H](O)[C@H](Cc1ccccc1)OC(=O)c1cnc2ccccc2n1. The molecule has 37 heavy (non-hydrogen) atoms. The van der Waals surface area contributed by atoms with Crippen molar-refractivity contribution in [2.45, 2.75) is 31.5 Å². The van der Waals surface area contributed by atoms with Crippen LogP contribution in [0.4, 0.5) is 0 Å². The molecule has 0 saturated heterocycles. The predicted octanol–water partition coefficient (Wildman–Crippen LogP) is 3.72. The number of hydrogen-bond donors (Lipinski definition) is 2. The lowest BCUT2D eigenvalue weighted by molar-refractivity contribution is -0.124. The third-order valence-electron chi connectivity index (χ3n) is 6.03. The zero-order valence-electron chi connectivity index (χ0n) is 20.3. The van der Waals surface area contributed by atoms with Crippen molar-refractivity contribution >= 4 is 22.9 Å². The number of aliphatic hydroxyl groups is 1. The van der Waals surface area contributed by atoms with Gasteiger partial charge in [-0.2, -0.15) is 0 Å². The lowest BCUT2D eigenvalue weighted by Crippen LogP contribution is -2.38. The number of nitrogens with two attached hydrogens (primary N) is 1. The van der Waals surface area contributed by atoms with Crippen LogP contribution in [0.5, 0.6) is 5.75 Å². The van der Waals surface area contributed by atoms with Gasteiger partial charge in [0.15, 0.2) is 5.69 Å². The number of fused-ring (bicyclic) bond motifs is 1. The zero-order valence-corrected chi connectivity index (χ0v) is 20.3. The summed E-state index contributed by atoms with van der Waals surface area (Å²) in [5.74, 6) is -1.25. The van der Waals surface area contributed by atoms with Crippen LogP contribution in [0.2, 0.25) is 0 Å². The molecular formula is C29H29N3O5. The molecule has 0 unspecified atom stereocenters. The standard InChI is InChI=1S/C29H29N3O5/c30-28(34)21(15-16-36-22-11-5-2-6-12-22)18-26(33)27(17-20-9-3-1-4-10-20)37-29(35)25-19-31-23-13-7-8-14-24(23)32-25/h1-14,19,21,26-27,33H,15-18H2,(H2,30,34)/t21-,26+,27+/m1/s1. The van der Waals surface area contributed by atoms with Crippen LogP contribution >= 0.6 is 0 Å². The number of aliphatic hydroxyl groups excluding tert-OH is 1. The Morgan fingerprint density at radius 3 is 2.24 bits per heavy atom. The largest absolute Gasteiger partial charge is 0.494 e. The Labute approximate surface area is 215 Å². The molecule has 0 bridgehead atoms. The maximum Gasteiger partial charge on any atom is 0.358 e. The highest BCUT2D eigenvalue weighted by Crippen LogP contribution is 2.21. The van der Waals surface area contributed by atoms with E-state index >= 15 is 0 Å². The molecule has 0 aliphatic rings. The molecule has 0 spiro atoms. The maximum atomic E-state index is 13.0. The summed E-state index contributed by atoms with van der Waals surface area (Å²) >= 11 is 0. The molecule has 1 aromatic heterocycles. The molecule has 3 aromatic carbocycles. The number of hydrogen-bond acceptors (Lipinski definition) is 7. The van der Waals surface area contributed by atoms with E-state index in [2.05, 4.69) is 9.97 Å². The summed E-state index contributed by atoms with van der Waals surface area (Å²) < 4.78 is 11.4. The van der Waals surface area contributed by atoms with E-state index in [1.165, 1.54) is 6.20 Å². The molecule has 8 heteroatoms. The van der Waals surface area contributed by atoms with E-state index in [1.54, 1.807) is 18.2 Å². The summed E-state index contributed by atoms with van der Waals surface area (Å²) in [6, 6.07) is 25.8. The number of rotatable bonds is 12. The first-order valence-electron chi connectivity index (χ1n) is 12.1. The number of para-hydroxylation sites is 3. The Kier molecular flexibility index (Phi) is 8.78. The summed E-state index contributed by atoms with van der Waals surface area (Å²) in [6.45, 7) is 0.250. The number of benzene rings is 3. The number of primary amides is 1. The summed E-state index contributed by atoms with van der Waals surface area (Å²) in [5.41, 5.74) is 7.75. The first-order chi connectivity index (χ1) is 18.0. The molecule has 4 aromatic rings. The van der Waals surface area contributed by atoms with E-state index in [0.717, 1.165) is 5.56 Å². The van der Waals surface area contributed by atoms with Gasteiger partial charge in [-0.1, -0.05) is 60.7 Å². The van der Waals surface area contributed by atoms with Gasteiger partial charge in [-0.25, -0.2) is 9.78 Å². The molecule has 0 fully saturated rings. The lowest BCUT2D eigenvalue weighted by atomic mass is 9.92. The molecule has 1 heterocycles. The Balaban J connectivity index is 1.46. The molecule has 3 N–H and O–H groups in total. The van der Waals surface area contributed by atoms with Crippen molar-refractivity contribution in [1.29, 1.82) is 0 Å². The second kappa shape index (κ2) is 12.6. The van der Waals surface area contributed by atoms with Gasteiger partial charge in [-0.15, -0.1) is 0 Å².